The van der Waals surface area contributed by atoms with Crippen LogP contribution in [0.2, 0.25) is 0 Å². The molecule has 0 aromatic heterocycles. The van der Waals surface area contributed by atoms with Gasteiger partial charge in [-0.3, -0.25) is 4.79 Å². The molecule has 1 unspecified atom stereocenters. The van der Waals surface area contributed by atoms with E-state index in [9.17, 15) is 4.79 Å². The molecule has 0 spiro atoms. The van der Waals surface area contributed by atoms with E-state index in [0.717, 1.165) is 0 Å². The Kier molecular flexibility index (Phi) is 3.96. The molecule has 2 nitrogen and oxygen atoms in total. The maximum Gasteiger partial charge on any atom is 0.262 e. The van der Waals surface area contributed by atoms with E-state index < -0.39 is 11.3 Å². The molecule has 0 bridgehead atoms. The Morgan fingerprint density at radius 1 is 1.29 bits per heavy atom. The Labute approximate surface area is 88.8 Å². The van der Waals surface area contributed by atoms with Crippen LogP contribution in [-0.2, 0) is 4.79 Å². The maximum atomic E-state index is 11.0. The standard InChI is InChI=1S/C11H13ClO2/c1-8(2)10(11(12)13)14-9-6-4-3-5-7-9/h3-8,10H,1-2H3. The van der Waals surface area contributed by atoms with Gasteiger partial charge in [-0.15, -0.1) is 0 Å². The summed E-state index contributed by atoms with van der Waals surface area (Å²) in [6.45, 7) is 3.79. The lowest BCUT2D eigenvalue weighted by Gasteiger charge is -2.18. The van der Waals surface area contributed by atoms with Crippen molar-refractivity contribution >= 4 is 16.8 Å². The van der Waals surface area contributed by atoms with Crippen LogP contribution in [0.3, 0.4) is 0 Å². The third kappa shape index (κ3) is 3.04. The summed E-state index contributed by atoms with van der Waals surface area (Å²) in [5, 5.41) is -0.455. The van der Waals surface area contributed by atoms with Gasteiger partial charge >= 0.3 is 0 Å². The summed E-state index contributed by atoms with van der Waals surface area (Å²) in [4.78, 5) is 11.0. The fraction of sp³-hybridized carbons (Fsp3) is 0.364. The van der Waals surface area contributed by atoms with Gasteiger partial charge in [-0.2, -0.15) is 0 Å². The van der Waals surface area contributed by atoms with Gasteiger partial charge in [-0.25, -0.2) is 0 Å². The molecule has 0 saturated heterocycles. The molecule has 1 aromatic carbocycles. The highest BCUT2D eigenvalue weighted by atomic mass is 35.5. The summed E-state index contributed by atoms with van der Waals surface area (Å²) in [6, 6.07) is 9.20. The zero-order chi connectivity index (χ0) is 10.6. The van der Waals surface area contributed by atoms with Crippen molar-refractivity contribution in [2.24, 2.45) is 5.92 Å². The second kappa shape index (κ2) is 5.01. The molecule has 1 atom stereocenters. The number of rotatable bonds is 4. The largest absolute Gasteiger partial charge is 0.481 e. The van der Waals surface area contributed by atoms with Crippen LogP contribution in [0.5, 0.6) is 5.75 Å². The molecule has 0 amide bonds. The predicted octanol–water partition coefficient (Wildman–Crippen LogP) is 2.86. The minimum absolute atomic E-state index is 0.0696. The molecule has 0 aliphatic heterocycles. The summed E-state index contributed by atoms with van der Waals surface area (Å²) < 4.78 is 5.46. The van der Waals surface area contributed by atoms with Crippen LogP contribution in [0.15, 0.2) is 30.3 Å². The first-order valence-electron chi connectivity index (χ1n) is 4.52. The minimum Gasteiger partial charge on any atom is -0.481 e. The fourth-order valence-electron chi connectivity index (χ4n) is 1.09. The van der Waals surface area contributed by atoms with Crippen molar-refractivity contribution < 1.29 is 9.53 Å². The normalized spacial score (nSPS) is 12.6. The molecule has 0 N–H and O–H groups in total. The zero-order valence-electron chi connectivity index (χ0n) is 8.24. The SMILES string of the molecule is CC(C)C(Oc1ccccc1)C(=O)Cl. The van der Waals surface area contributed by atoms with Crippen LogP contribution in [0, 0.1) is 5.92 Å². The Morgan fingerprint density at radius 2 is 1.86 bits per heavy atom. The molecule has 76 valence electrons. The summed E-state index contributed by atoms with van der Waals surface area (Å²) in [5.74, 6) is 0.736. The number of hydrogen-bond donors (Lipinski definition) is 0. The minimum atomic E-state index is -0.570. The van der Waals surface area contributed by atoms with E-state index in [1.165, 1.54) is 0 Å². The Morgan fingerprint density at radius 3 is 2.29 bits per heavy atom. The highest BCUT2D eigenvalue weighted by Crippen LogP contribution is 2.16. The van der Waals surface area contributed by atoms with Gasteiger partial charge in [-0.05, 0) is 29.7 Å². The van der Waals surface area contributed by atoms with Crippen molar-refractivity contribution in [2.45, 2.75) is 20.0 Å². The Bertz CT molecular complexity index is 295. The van der Waals surface area contributed by atoms with Crippen LogP contribution in [0.1, 0.15) is 13.8 Å². The van der Waals surface area contributed by atoms with Gasteiger partial charge in [0.25, 0.3) is 5.24 Å². The van der Waals surface area contributed by atoms with E-state index in [2.05, 4.69) is 0 Å². The second-order valence-electron chi connectivity index (χ2n) is 3.40. The summed E-state index contributed by atoms with van der Waals surface area (Å²) in [6.07, 6.45) is -0.570. The highest BCUT2D eigenvalue weighted by molar-refractivity contribution is 6.64. The van der Waals surface area contributed by atoms with E-state index >= 15 is 0 Å². The second-order valence-corrected chi connectivity index (χ2v) is 3.77. The number of hydrogen-bond acceptors (Lipinski definition) is 2. The first kappa shape index (κ1) is 11.1. The van der Waals surface area contributed by atoms with Gasteiger partial charge in [0.1, 0.15) is 5.75 Å². The molecule has 14 heavy (non-hydrogen) atoms. The predicted molar refractivity (Wildman–Crippen MR) is 56.6 cm³/mol. The molecule has 0 heterocycles. The maximum absolute atomic E-state index is 11.0. The van der Waals surface area contributed by atoms with Gasteiger partial charge in [0.2, 0.25) is 0 Å². The quantitative estimate of drug-likeness (QED) is 0.718. The third-order valence-electron chi connectivity index (χ3n) is 1.84. The van der Waals surface area contributed by atoms with Crippen molar-refractivity contribution in [2.75, 3.05) is 0 Å². The molecule has 1 aromatic rings. The van der Waals surface area contributed by atoms with E-state index in [-0.39, 0.29) is 5.92 Å². The van der Waals surface area contributed by atoms with Crippen molar-refractivity contribution in [1.82, 2.24) is 0 Å². The van der Waals surface area contributed by atoms with Crippen molar-refractivity contribution in [3.63, 3.8) is 0 Å². The van der Waals surface area contributed by atoms with Gasteiger partial charge in [0.05, 0.1) is 0 Å². The number of carbonyl (C=O) groups is 1. The van der Waals surface area contributed by atoms with Crippen LogP contribution in [0.25, 0.3) is 0 Å². The van der Waals surface area contributed by atoms with Crippen LogP contribution in [-0.4, -0.2) is 11.3 Å². The van der Waals surface area contributed by atoms with Crippen LogP contribution >= 0.6 is 11.6 Å². The molecule has 0 saturated carbocycles. The molecular formula is C11H13ClO2. The van der Waals surface area contributed by atoms with Crippen molar-refractivity contribution in [1.29, 1.82) is 0 Å². The lowest BCUT2D eigenvalue weighted by atomic mass is 10.1. The molecule has 0 fully saturated rings. The lowest BCUT2D eigenvalue weighted by Crippen LogP contribution is -2.29. The summed E-state index contributed by atoms with van der Waals surface area (Å²) >= 11 is 5.42. The number of ether oxygens (including phenoxy) is 1. The number of benzene rings is 1. The topological polar surface area (TPSA) is 26.3 Å². The first-order valence-corrected chi connectivity index (χ1v) is 4.90. The Balaban J connectivity index is 2.70. The van der Waals surface area contributed by atoms with E-state index in [4.69, 9.17) is 16.3 Å². The van der Waals surface area contributed by atoms with Crippen molar-refractivity contribution in [3.05, 3.63) is 30.3 Å². The van der Waals surface area contributed by atoms with Crippen LogP contribution in [0.4, 0.5) is 0 Å². The third-order valence-corrected chi connectivity index (χ3v) is 2.05. The average molecular weight is 213 g/mol. The van der Waals surface area contributed by atoms with Gasteiger partial charge in [0.15, 0.2) is 6.10 Å². The average Bonchev–Trinajstić information content (AvgIpc) is 2.15. The molecular weight excluding hydrogens is 200 g/mol. The number of para-hydroxylation sites is 1. The zero-order valence-corrected chi connectivity index (χ0v) is 8.99. The lowest BCUT2D eigenvalue weighted by molar-refractivity contribution is -0.119. The monoisotopic (exact) mass is 212 g/mol. The molecule has 3 heteroatoms. The number of halogens is 1. The first-order chi connectivity index (χ1) is 6.61. The highest BCUT2D eigenvalue weighted by Gasteiger charge is 2.21. The Hall–Kier alpha value is -1.02. The van der Waals surface area contributed by atoms with Gasteiger partial charge < -0.3 is 4.74 Å². The summed E-state index contributed by atoms with van der Waals surface area (Å²) in [5.41, 5.74) is 0. The fourth-order valence-corrected chi connectivity index (χ4v) is 1.39. The smallest absolute Gasteiger partial charge is 0.262 e. The van der Waals surface area contributed by atoms with Gasteiger partial charge in [-0.1, -0.05) is 32.0 Å². The molecule has 1 rings (SSSR count). The molecule has 0 aliphatic carbocycles. The van der Waals surface area contributed by atoms with E-state index in [1.807, 2.05) is 32.0 Å². The van der Waals surface area contributed by atoms with E-state index in [1.54, 1.807) is 12.1 Å². The molecule has 0 radical (unpaired) electrons. The van der Waals surface area contributed by atoms with Crippen LogP contribution < -0.4 is 4.74 Å². The van der Waals surface area contributed by atoms with Gasteiger partial charge in [0, 0.05) is 0 Å². The summed E-state index contributed by atoms with van der Waals surface area (Å²) in [7, 11) is 0. The van der Waals surface area contributed by atoms with E-state index in [0.29, 0.717) is 5.75 Å². The number of carbonyl (C=O) groups excluding carboxylic acids is 1. The van der Waals surface area contributed by atoms with Crippen molar-refractivity contribution in [3.8, 4) is 5.75 Å². The molecule has 0 aliphatic rings.